The van der Waals surface area contributed by atoms with Gasteiger partial charge in [0.1, 0.15) is 5.15 Å². The van der Waals surface area contributed by atoms with Crippen LogP contribution in [0.3, 0.4) is 0 Å². The largest absolute Gasteiger partial charge is 0.310 e. The van der Waals surface area contributed by atoms with Gasteiger partial charge in [0.15, 0.2) is 0 Å². The number of aromatic nitrogens is 2. The summed E-state index contributed by atoms with van der Waals surface area (Å²) in [6, 6.07) is 0.453. The fourth-order valence-corrected chi connectivity index (χ4v) is 2.03. The fourth-order valence-electron chi connectivity index (χ4n) is 1.64. The van der Waals surface area contributed by atoms with E-state index in [0.29, 0.717) is 6.04 Å². The molecule has 0 spiro atoms. The number of nitrogens with one attached hydrogen (secondary N) is 1. The lowest BCUT2D eigenvalue weighted by molar-refractivity contribution is 0.509. The molecule has 0 radical (unpaired) electrons. The molecule has 1 aromatic heterocycles. The SMILES string of the molecule is Cc1nn(C)c(Cl)c1CNC(C)CCCCl. The standard InChI is InChI=1S/C11H19Cl2N3/c1-8(5-4-6-12)14-7-10-9(2)15-16(3)11(10)13/h8,14H,4-7H2,1-3H3. The Kier molecular flexibility index (Phi) is 5.59. The third-order valence-corrected chi connectivity index (χ3v) is 3.41. The average Bonchev–Trinajstić information content (AvgIpc) is 2.48. The molecule has 0 aliphatic carbocycles. The average molecular weight is 264 g/mol. The first-order valence-corrected chi connectivity index (χ1v) is 6.44. The maximum Gasteiger partial charge on any atom is 0.131 e. The Bertz CT molecular complexity index is 336. The molecular formula is C11H19Cl2N3. The minimum atomic E-state index is 0.453. The lowest BCUT2D eigenvalue weighted by atomic mass is 10.2. The Morgan fingerprint density at radius 2 is 2.19 bits per heavy atom. The molecule has 0 aliphatic rings. The molecule has 1 unspecified atom stereocenters. The highest BCUT2D eigenvalue weighted by molar-refractivity contribution is 6.30. The van der Waals surface area contributed by atoms with Crippen molar-refractivity contribution >= 4 is 23.2 Å². The van der Waals surface area contributed by atoms with Crippen LogP contribution in [0.4, 0.5) is 0 Å². The topological polar surface area (TPSA) is 29.9 Å². The molecule has 0 saturated carbocycles. The van der Waals surface area contributed by atoms with Gasteiger partial charge >= 0.3 is 0 Å². The fraction of sp³-hybridized carbons (Fsp3) is 0.727. The second kappa shape index (κ2) is 6.48. The van der Waals surface area contributed by atoms with Gasteiger partial charge in [0.2, 0.25) is 0 Å². The van der Waals surface area contributed by atoms with E-state index in [9.17, 15) is 0 Å². The van der Waals surface area contributed by atoms with Crippen molar-refractivity contribution in [2.75, 3.05) is 5.88 Å². The number of hydrogen-bond acceptors (Lipinski definition) is 2. The van der Waals surface area contributed by atoms with E-state index >= 15 is 0 Å². The predicted octanol–water partition coefficient (Wildman–Crippen LogP) is 2.88. The van der Waals surface area contributed by atoms with Crippen molar-refractivity contribution in [3.05, 3.63) is 16.4 Å². The first kappa shape index (κ1) is 13.8. The molecule has 5 heteroatoms. The van der Waals surface area contributed by atoms with Gasteiger partial charge in [0, 0.05) is 31.1 Å². The molecule has 1 heterocycles. The Hall–Kier alpha value is -0.250. The Balaban J connectivity index is 2.48. The summed E-state index contributed by atoms with van der Waals surface area (Å²) in [4.78, 5) is 0. The van der Waals surface area contributed by atoms with Crippen molar-refractivity contribution in [2.45, 2.75) is 39.3 Å². The lowest BCUT2D eigenvalue weighted by Gasteiger charge is -2.12. The number of aryl methyl sites for hydroxylation is 2. The summed E-state index contributed by atoms with van der Waals surface area (Å²) < 4.78 is 1.71. The summed E-state index contributed by atoms with van der Waals surface area (Å²) in [6.07, 6.45) is 2.12. The van der Waals surface area contributed by atoms with Crippen LogP contribution in [0.15, 0.2) is 0 Å². The summed E-state index contributed by atoms with van der Waals surface area (Å²) in [7, 11) is 1.86. The maximum atomic E-state index is 6.14. The van der Waals surface area contributed by atoms with Gasteiger partial charge in [-0.2, -0.15) is 5.10 Å². The quantitative estimate of drug-likeness (QED) is 0.801. The van der Waals surface area contributed by atoms with E-state index in [1.807, 2.05) is 14.0 Å². The second-order valence-corrected chi connectivity index (χ2v) is 4.83. The second-order valence-electron chi connectivity index (χ2n) is 4.09. The zero-order chi connectivity index (χ0) is 12.1. The van der Waals surface area contributed by atoms with Crippen LogP contribution in [0.1, 0.15) is 31.0 Å². The van der Waals surface area contributed by atoms with Crippen molar-refractivity contribution in [1.29, 1.82) is 0 Å². The van der Waals surface area contributed by atoms with E-state index in [2.05, 4.69) is 17.3 Å². The van der Waals surface area contributed by atoms with E-state index < -0.39 is 0 Å². The molecule has 1 rings (SSSR count). The van der Waals surface area contributed by atoms with Crippen LogP contribution in [0, 0.1) is 6.92 Å². The Labute approximate surface area is 107 Å². The van der Waals surface area contributed by atoms with Crippen LogP contribution >= 0.6 is 23.2 Å². The molecule has 0 fully saturated rings. The highest BCUT2D eigenvalue weighted by atomic mass is 35.5. The molecule has 1 atom stereocenters. The van der Waals surface area contributed by atoms with Crippen LogP contribution in [0.25, 0.3) is 0 Å². The molecule has 1 N–H and O–H groups in total. The number of hydrogen-bond donors (Lipinski definition) is 1. The van der Waals surface area contributed by atoms with Crippen molar-refractivity contribution in [3.63, 3.8) is 0 Å². The van der Waals surface area contributed by atoms with E-state index in [1.54, 1.807) is 4.68 Å². The number of nitrogens with zero attached hydrogens (tertiary/aromatic N) is 2. The van der Waals surface area contributed by atoms with Gasteiger partial charge in [0.05, 0.1) is 5.69 Å². The maximum absolute atomic E-state index is 6.14. The molecule has 92 valence electrons. The van der Waals surface area contributed by atoms with Crippen molar-refractivity contribution in [3.8, 4) is 0 Å². The van der Waals surface area contributed by atoms with Crippen LogP contribution in [0.2, 0.25) is 5.15 Å². The molecule has 3 nitrogen and oxygen atoms in total. The molecule has 0 aromatic carbocycles. The van der Waals surface area contributed by atoms with Crippen LogP contribution in [0.5, 0.6) is 0 Å². The van der Waals surface area contributed by atoms with Gasteiger partial charge < -0.3 is 5.32 Å². The minimum Gasteiger partial charge on any atom is -0.310 e. The zero-order valence-electron chi connectivity index (χ0n) is 10.1. The van der Waals surface area contributed by atoms with Crippen LogP contribution < -0.4 is 5.32 Å². The van der Waals surface area contributed by atoms with Gasteiger partial charge in [0.25, 0.3) is 0 Å². The third-order valence-electron chi connectivity index (χ3n) is 2.67. The molecule has 0 aliphatic heterocycles. The van der Waals surface area contributed by atoms with E-state index in [4.69, 9.17) is 23.2 Å². The van der Waals surface area contributed by atoms with E-state index in [-0.39, 0.29) is 0 Å². The Morgan fingerprint density at radius 1 is 1.50 bits per heavy atom. The smallest absolute Gasteiger partial charge is 0.131 e. The summed E-state index contributed by atoms with van der Waals surface area (Å²) >= 11 is 11.8. The molecule has 16 heavy (non-hydrogen) atoms. The molecule has 0 saturated heterocycles. The summed E-state index contributed by atoms with van der Waals surface area (Å²) in [6.45, 7) is 4.90. The van der Waals surface area contributed by atoms with Crippen LogP contribution in [-0.2, 0) is 13.6 Å². The lowest BCUT2D eigenvalue weighted by Crippen LogP contribution is -2.25. The normalized spacial score (nSPS) is 13.1. The van der Waals surface area contributed by atoms with Gasteiger partial charge in [-0.05, 0) is 26.7 Å². The monoisotopic (exact) mass is 263 g/mol. The predicted molar refractivity (Wildman–Crippen MR) is 69.2 cm³/mol. The highest BCUT2D eigenvalue weighted by Crippen LogP contribution is 2.18. The minimum absolute atomic E-state index is 0.453. The van der Waals surface area contributed by atoms with Crippen molar-refractivity contribution < 1.29 is 0 Å². The highest BCUT2D eigenvalue weighted by Gasteiger charge is 2.11. The van der Waals surface area contributed by atoms with Gasteiger partial charge in [-0.15, -0.1) is 11.6 Å². The summed E-state index contributed by atoms with van der Waals surface area (Å²) in [5.74, 6) is 0.721. The van der Waals surface area contributed by atoms with Gasteiger partial charge in [-0.25, -0.2) is 0 Å². The Morgan fingerprint density at radius 3 is 2.69 bits per heavy atom. The van der Waals surface area contributed by atoms with Crippen molar-refractivity contribution in [1.82, 2.24) is 15.1 Å². The van der Waals surface area contributed by atoms with Gasteiger partial charge in [-0.1, -0.05) is 11.6 Å². The zero-order valence-corrected chi connectivity index (χ0v) is 11.6. The molecule has 0 amide bonds. The van der Waals surface area contributed by atoms with Crippen LogP contribution in [-0.4, -0.2) is 21.7 Å². The van der Waals surface area contributed by atoms with Crippen molar-refractivity contribution in [2.24, 2.45) is 7.05 Å². The molecular weight excluding hydrogens is 245 g/mol. The third kappa shape index (κ3) is 3.65. The molecule has 0 bridgehead atoms. The number of halogens is 2. The van der Waals surface area contributed by atoms with E-state index in [1.165, 1.54) is 0 Å². The van der Waals surface area contributed by atoms with Gasteiger partial charge in [-0.3, -0.25) is 4.68 Å². The summed E-state index contributed by atoms with van der Waals surface area (Å²) in [5.41, 5.74) is 2.08. The summed E-state index contributed by atoms with van der Waals surface area (Å²) in [5, 5.41) is 8.42. The number of rotatable bonds is 6. The first-order chi connectivity index (χ1) is 7.56. The molecule has 1 aromatic rings. The first-order valence-electron chi connectivity index (χ1n) is 5.53. The number of alkyl halides is 1. The van der Waals surface area contributed by atoms with E-state index in [0.717, 1.165) is 41.7 Å².